The molecule has 0 aromatic carbocycles. The molecule has 0 radical (unpaired) electrons. The molecule has 0 amide bonds. The monoisotopic (exact) mass is 173 g/mol. The Morgan fingerprint density at radius 1 is 1.42 bits per heavy atom. The summed E-state index contributed by atoms with van der Waals surface area (Å²) in [5.41, 5.74) is -0.377. The maximum atomic E-state index is 11.6. The zero-order chi connectivity index (χ0) is 9.94. The van der Waals surface area contributed by atoms with Crippen LogP contribution < -0.4 is 0 Å². The van der Waals surface area contributed by atoms with Gasteiger partial charge in [-0.05, 0) is 14.1 Å². The molecule has 72 valence electrons. The third-order valence-corrected chi connectivity index (χ3v) is 1.84. The number of ketones is 1. The summed E-state index contributed by atoms with van der Waals surface area (Å²) in [6.07, 6.45) is 0. The van der Waals surface area contributed by atoms with Gasteiger partial charge in [0, 0.05) is 5.41 Å². The molecule has 1 unspecified atom stereocenters. The van der Waals surface area contributed by atoms with Gasteiger partial charge >= 0.3 is 0 Å². The maximum absolute atomic E-state index is 11.6. The van der Waals surface area contributed by atoms with E-state index in [1.807, 2.05) is 20.8 Å². The highest BCUT2D eigenvalue weighted by Gasteiger charge is 2.30. The minimum absolute atomic E-state index is 0.0787. The summed E-state index contributed by atoms with van der Waals surface area (Å²) >= 11 is 0. The number of hydrogen-bond donors (Lipinski definition) is 1. The van der Waals surface area contributed by atoms with E-state index in [9.17, 15) is 4.79 Å². The van der Waals surface area contributed by atoms with Gasteiger partial charge in [0.1, 0.15) is 0 Å². The fourth-order valence-electron chi connectivity index (χ4n) is 0.981. The first-order chi connectivity index (χ1) is 5.30. The normalized spacial score (nSPS) is 14.9. The van der Waals surface area contributed by atoms with E-state index in [4.69, 9.17) is 5.11 Å². The third-order valence-electron chi connectivity index (χ3n) is 1.84. The van der Waals surface area contributed by atoms with Crippen LogP contribution in [0.5, 0.6) is 0 Å². The van der Waals surface area contributed by atoms with Crippen LogP contribution in [0.15, 0.2) is 0 Å². The number of likely N-dealkylation sites (N-methyl/N-ethyl adjacent to an activating group) is 1. The Balaban J connectivity index is 4.44. The van der Waals surface area contributed by atoms with E-state index in [2.05, 4.69) is 0 Å². The Morgan fingerprint density at radius 3 is 1.92 bits per heavy atom. The van der Waals surface area contributed by atoms with E-state index in [1.165, 1.54) is 0 Å². The van der Waals surface area contributed by atoms with Crippen molar-refractivity contribution in [1.82, 2.24) is 4.90 Å². The molecule has 3 heteroatoms. The number of aliphatic hydroxyl groups is 1. The van der Waals surface area contributed by atoms with Gasteiger partial charge in [-0.2, -0.15) is 0 Å². The highest BCUT2D eigenvalue weighted by Crippen LogP contribution is 2.18. The smallest absolute Gasteiger partial charge is 0.157 e. The van der Waals surface area contributed by atoms with Crippen LogP contribution in [0.25, 0.3) is 0 Å². The number of Topliss-reactive ketones (excluding diaryl/α,β-unsaturated/α-hetero) is 1. The molecule has 0 aliphatic heterocycles. The summed E-state index contributed by atoms with van der Waals surface area (Å²) < 4.78 is 0. The molecule has 0 aromatic rings. The number of nitrogens with zero attached hydrogens (tertiary/aromatic N) is 1. The SMILES string of the molecule is CN(C)C(CO)C(=O)C(C)(C)C. The second kappa shape index (κ2) is 4.01. The summed E-state index contributed by atoms with van der Waals surface area (Å²) in [6.45, 7) is 5.48. The average Bonchev–Trinajstić information content (AvgIpc) is 1.86. The number of hydrogen-bond acceptors (Lipinski definition) is 3. The molecule has 0 aromatic heterocycles. The Labute approximate surface area is 74.4 Å². The van der Waals surface area contributed by atoms with Crippen molar-refractivity contribution in [2.75, 3.05) is 20.7 Å². The molecule has 0 aliphatic rings. The van der Waals surface area contributed by atoms with Crippen LogP contribution in [-0.4, -0.2) is 42.5 Å². The van der Waals surface area contributed by atoms with Crippen LogP contribution in [-0.2, 0) is 4.79 Å². The predicted molar refractivity (Wildman–Crippen MR) is 49.0 cm³/mol. The first-order valence-electron chi connectivity index (χ1n) is 4.12. The lowest BCUT2D eigenvalue weighted by atomic mass is 9.86. The van der Waals surface area contributed by atoms with E-state index in [-0.39, 0.29) is 23.8 Å². The van der Waals surface area contributed by atoms with Crippen LogP contribution in [0.3, 0.4) is 0 Å². The second-order valence-electron chi connectivity index (χ2n) is 4.28. The van der Waals surface area contributed by atoms with Gasteiger partial charge in [-0.1, -0.05) is 20.8 Å². The molecule has 0 fully saturated rings. The highest BCUT2D eigenvalue weighted by molar-refractivity contribution is 5.88. The van der Waals surface area contributed by atoms with Gasteiger partial charge in [-0.15, -0.1) is 0 Å². The molecular formula is C9H19NO2. The Kier molecular flexibility index (Phi) is 3.87. The van der Waals surface area contributed by atoms with Crippen molar-refractivity contribution >= 4 is 5.78 Å². The van der Waals surface area contributed by atoms with Crippen molar-refractivity contribution in [2.45, 2.75) is 26.8 Å². The summed E-state index contributed by atoms with van der Waals surface area (Å²) in [7, 11) is 3.59. The van der Waals surface area contributed by atoms with Gasteiger partial charge in [-0.25, -0.2) is 0 Å². The van der Waals surface area contributed by atoms with Crippen LogP contribution in [0, 0.1) is 5.41 Å². The number of carbonyl (C=O) groups excluding carboxylic acids is 1. The first kappa shape index (κ1) is 11.6. The van der Waals surface area contributed by atoms with E-state index >= 15 is 0 Å². The first-order valence-corrected chi connectivity index (χ1v) is 4.12. The molecule has 0 saturated carbocycles. The van der Waals surface area contributed by atoms with Crippen LogP contribution in [0.1, 0.15) is 20.8 Å². The van der Waals surface area contributed by atoms with E-state index in [1.54, 1.807) is 19.0 Å². The zero-order valence-corrected chi connectivity index (χ0v) is 8.59. The molecule has 0 aliphatic carbocycles. The van der Waals surface area contributed by atoms with Crippen molar-refractivity contribution in [1.29, 1.82) is 0 Å². The number of aliphatic hydroxyl groups excluding tert-OH is 1. The zero-order valence-electron chi connectivity index (χ0n) is 8.59. The minimum Gasteiger partial charge on any atom is -0.394 e. The van der Waals surface area contributed by atoms with Gasteiger partial charge in [0.25, 0.3) is 0 Å². The standard InChI is InChI=1S/C9H19NO2/c1-9(2,3)8(12)7(6-11)10(4)5/h7,11H,6H2,1-5H3. The summed E-state index contributed by atoms with van der Waals surface area (Å²) in [6, 6.07) is -0.370. The van der Waals surface area contributed by atoms with E-state index in [0.717, 1.165) is 0 Å². The molecule has 0 saturated heterocycles. The Hall–Kier alpha value is -0.410. The van der Waals surface area contributed by atoms with Crippen molar-refractivity contribution in [2.24, 2.45) is 5.41 Å². The molecule has 1 atom stereocenters. The molecule has 0 spiro atoms. The predicted octanol–water partition coefficient (Wildman–Crippen LogP) is 0.524. The largest absolute Gasteiger partial charge is 0.394 e. The number of rotatable bonds is 3. The Morgan fingerprint density at radius 2 is 1.83 bits per heavy atom. The lowest BCUT2D eigenvalue weighted by Gasteiger charge is -2.27. The van der Waals surface area contributed by atoms with Gasteiger partial charge in [0.2, 0.25) is 0 Å². The number of carbonyl (C=O) groups is 1. The molecule has 0 bridgehead atoms. The average molecular weight is 173 g/mol. The van der Waals surface area contributed by atoms with Crippen molar-refractivity contribution in [3.8, 4) is 0 Å². The van der Waals surface area contributed by atoms with Crippen LogP contribution >= 0.6 is 0 Å². The maximum Gasteiger partial charge on any atom is 0.157 e. The molecular weight excluding hydrogens is 154 g/mol. The lowest BCUT2D eigenvalue weighted by molar-refractivity contribution is -0.132. The molecule has 1 N–H and O–H groups in total. The summed E-state index contributed by atoms with van der Waals surface area (Å²) in [4.78, 5) is 13.4. The summed E-state index contributed by atoms with van der Waals surface area (Å²) in [5.74, 6) is 0.0787. The Bertz CT molecular complexity index is 158. The minimum atomic E-state index is -0.377. The highest BCUT2D eigenvalue weighted by atomic mass is 16.3. The topological polar surface area (TPSA) is 40.5 Å². The van der Waals surface area contributed by atoms with E-state index in [0.29, 0.717) is 0 Å². The van der Waals surface area contributed by atoms with E-state index < -0.39 is 0 Å². The van der Waals surface area contributed by atoms with Gasteiger partial charge in [-0.3, -0.25) is 9.69 Å². The molecule has 0 heterocycles. The van der Waals surface area contributed by atoms with Crippen molar-refractivity contribution in [3.05, 3.63) is 0 Å². The molecule has 0 rings (SSSR count). The van der Waals surface area contributed by atoms with Crippen LogP contribution in [0.2, 0.25) is 0 Å². The lowest BCUT2D eigenvalue weighted by Crippen LogP contribution is -2.44. The fraction of sp³-hybridized carbons (Fsp3) is 0.889. The summed E-state index contributed by atoms with van der Waals surface area (Å²) in [5, 5.41) is 8.97. The quantitative estimate of drug-likeness (QED) is 0.676. The van der Waals surface area contributed by atoms with Crippen molar-refractivity contribution < 1.29 is 9.90 Å². The van der Waals surface area contributed by atoms with Crippen molar-refractivity contribution in [3.63, 3.8) is 0 Å². The molecule has 3 nitrogen and oxygen atoms in total. The van der Waals surface area contributed by atoms with Crippen LogP contribution in [0.4, 0.5) is 0 Å². The van der Waals surface area contributed by atoms with Gasteiger partial charge < -0.3 is 5.11 Å². The third kappa shape index (κ3) is 2.91. The van der Waals surface area contributed by atoms with Gasteiger partial charge in [0.15, 0.2) is 5.78 Å². The fourth-order valence-corrected chi connectivity index (χ4v) is 0.981. The second-order valence-corrected chi connectivity index (χ2v) is 4.28. The van der Waals surface area contributed by atoms with Gasteiger partial charge in [0.05, 0.1) is 12.6 Å². The molecule has 12 heavy (non-hydrogen) atoms.